The molecule has 1 aliphatic rings. The van der Waals surface area contributed by atoms with Crippen molar-refractivity contribution in [3.8, 4) is 0 Å². The van der Waals surface area contributed by atoms with Gasteiger partial charge in [0.25, 0.3) is 0 Å². The first kappa shape index (κ1) is 15.7. The van der Waals surface area contributed by atoms with Gasteiger partial charge in [-0.15, -0.1) is 0 Å². The van der Waals surface area contributed by atoms with Gasteiger partial charge in [-0.05, 0) is 26.7 Å². The van der Waals surface area contributed by atoms with E-state index in [0.29, 0.717) is 12.8 Å². The fourth-order valence-corrected chi connectivity index (χ4v) is 3.53. The minimum Gasteiger partial charge on any atom is -0.477 e. The molecule has 8 heteroatoms. The molecule has 0 unspecified atom stereocenters. The van der Waals surface area contributed by atoms with E-state index >= 15 is 0 Å². The number of halogens is 3. The number of aromatic nitrogens is 1. The lowest BCUT2D eigenvalue weighted by atomic mass is 10.0. The number of fused-ring (bicyclic) bond motifs is 3. The molecule has 1 aliphatic heterocycles. The highest BCUT2D eigenvalue weighted by Gasteiger charge is 2.37. The van der Waals surface area contributed by atoms with E-state index < -0.39 is 50.2 Å². The molecule has 0 fully saturated rings. The number of carboxylic acids is 1. The third kappa shape index (κ3) is 1.89. The minimum absolute atomic E-state index is 0.0597. The fraction of sp³-hybridized carbons (Fsp3) is 0.333. The lowest BCUT2D eigenvalue weighted by Crippen LogP contribution is -2.29. The zero-order valence-corrected chi connectivity index (χ0v) is 13.1. The Balaban J connectivity index is 2.73. The minimum atomic E-state index is -1.45. The number of carbonyl (C=O) groups is 1. The van der Waals surface area contributed by atoms with Crippen molar-refractivity contribution in [3.05, 3.63) is 38.1 Å². The number of pyridine rings is 1. The molecular formula is C15H13ClF2N2O3. The number of anilines is 1. The molecule has 0 radical (unpaired) electrons. The van der Waals surface area contributed by atoms with Crippen LogP contribution in [-0.4, -0.2) is 15.6 Å². The van der Waals surface area contributed by atoms with Crippen molar-refractivity contribution in [2.75, 3.05) is 5.73 Å². The Morgan fingerprint density at radius 2 is 1.96 bits per heavy atom. The summed E-state index contributed by atoms with van der Waals surface area (Å²) in [6.07, 6.45) is 0.843. The van der Waals surface area contributed by atoms with Gasteiger partial charge in [0, 0.05) is 11.2 Å². The van der Waals surface area contributed by atoms with Crippen LogP contribution in [0, 0.1) is 11.6 Å². The van der Waals surface area contributed by atoms with Gasteiger partial charge in [0.05, 0.1) is 16.6 Å². The molecule has 5 nitrogen and oxygen atoms in total. The topological polar surface area (TPSA) is 85.3 Å². The first-order valence-electron chi connectivity index (χ1n) is 6.87. The standard InChI is InChI=1S/C15H13ClF2N2O3/c1-15(2)4-3-5-6(14(22)23)13(21)7-11(19)10(18)9(17)8(16)12(7)20(5)15/h3-4,19H2,1-2H3,(H,22,23). The summed E-state index contributed by atoms with van der Waals surface area (Å²) in [6, 6.07) is 0. The molecule has 122 valence electrons. The van der Waals surface area contributed by atoms with E-state index in [0.717, 1.165) is 0 Å². The number of aromatic carboxylic acids is 1. The zero-order chi connectivity index (χ0) is 17.3. The summed E-state index contributed by atoms with van der Waals surface area (Å²) in [5, 5.41) is 8.42. The van der Waals surface area contributed by atoms with Crippen molar-refractivity contribution >= 4 is 34.2 Å². The highest BCUT2D eigenvalue weighted by Crippen LogP contribution is 2.41. The van der Waals surface area contributed by atoms with Crippen molar-refractivity contribution in [2.24, 2.45) is 0 Å². The number of carboxylic acid groups (broad SMARTS) is 1. The lowest BCUT2D eigenvalue weighted by molar-refractivity contribution is 0.0694. The summed E-state index contributed by atoms with van der Waals surface area (Å²) in [4.78, 5) is 24.1. The number of nitrogens with zero attached hydrogens (tertiary/aromatic N) is 1. The predicted octanol–water partition coefficient (Wildman–Crippen LogP) is 2.89. The van der Waals surface area contributed by atoms with Crippen LogP contribution >= 0.6 is 11.6 Å². The number of benzene rings is 1. The van der Waals surface area contributed by atoms with E-state index in [1.165, 1.54) is 4.57 Å². The normalized spacial score (nSPS) is 15.9. The Labute approximate surface area is 134 Å². The highest BCUT2D eigenvalue weighted by molar-refractivity contribution is 6.36. The second kappa shape index (κ2) is 4.67. The smallest absolute Gasteiger partial charge is 0.341 e. The highest BCUT2D eigenvalue weighted by atomic mass is 35.5. The molecule has 0 bridgehead atoms. The molecule has 0 amide bonds. The number of nitrogen functional groups attached to an aromatic ring is 1. The van der Waals surface area contributed by atoms with Gasteiger partial charge < -0.3 is 15.4 Å². The third-order valence-corrected chi connectivity index (χ3v) is 4.71. The predicted molar refractivity (Wildman–Crippen MR) is 82.1 cm³/mol. The Morgan fingerprint density at radius 1 is 1.35 bits per heavy atom. The van der Waals surface area contributed by atoms with E-state index in [4.69, 9.17) is 17.3 Å². The number of hydrogen-bond acceptors (Lipinski definition) is 3. The first-order valence-corrected chi connectivity index (χ1v) is 7.24. The van der Waals surface area contributed by atoms with Crippen molar-refractivity contribution in [3.63, 3.8) is 0 Å². The monoisotopic (exact) mass is 342 g/mol. The van der Waals surface area contributed by atoms with E-state index in [2.05, 4.69) is 0 Å². The van der Waals surface area contributed by atoms with Gasteiger partial charge in [-0.3, -0.25) is 4.79 Å². The summed E-state index contributed by atoms with van der Waals surface area (Å²) in [6.45, 7) is 3.60. The third-order valence-electron chi connectivity index (χ3n) is 4.36. The van der Waals surface area contributed by atoms with Crippen LogP contribution in [0.1, 0.15) is 36.3 Å². The molecule has 0 atom stereocenters. The molecule has 23 heavy (non-hydrogen) atoms. The van der Waals surface area contributed by atoms with E-state index in [9.17, 15) is 23.5 Å². The van der Waals surface area contributed by atoms with Crippen LogP contribution in [0.15, 0.2) is 4.79 Å². The molecule has 0 aliphatic carbocycles. The van der Waals surface area contributed by atoms with Crippen molar-refractivity contribution in [2.45, 2.75) is 32.2 Å². The summed E-state index contributed by atoms with van der Waals surface area (Å²) < 4.78 is 29.4. The van der Waals surface area contributed by atoms with Crippen molar-refractivity contribution < 1.29 is 18.7 Å². The summed E-state index contributed by atoms with van der Waals surface area (Å²) in [7, 11) is 0. The number of rotatable bonds is 1. The van der Waals surface area contributed by atoms with Crippen LogP contribution in [0.2, 0.25) is 5.02 Å². The molecule has 0 saturated heterocycles. The number of nitrogens with two attached hydrogens (primary N) is 1. The zero-order valence-electron chi connectivity index (χ0n) is 12.3. The van der Waals surface area contributed by atoms with Gasteiger partial charge in [0.15, 0.2) is 11.6 Å². The Hall–Kier alpha value is -2.15. The summed E-state index contributed by atoms with van der Waals surface area (Å²) in [5.41, 5.74) is 2.97. The van der Waals surface area contributed by atoms with Gasteiger partial charge in [-0.25, -0.2) is 13.6 Å². The Bertz CT molecular complexity index is 951. The van der Waals surface area contributed by atoms with Gasteiger partial charge >= 0.3 is 5.97 Å². The Kier molecular flexibility index (Phi) is 3.20. The van der Waals surface area contributed by atoms with E-state index in [1.54, 1.807) is 13.8 Å². The molecule has 1 aromatic carbocycles. The summed E-state index contributed by atoms with van der Waals surface area (Å²) in [5.74, 6) is -4.23. The largest absolute Gasteiger partial charge is 0.477 e. The molecule has 3 rings (SSSR count). The quantitative estimate of drug-likeness (QED) is 0.616. The van der Waals surface area contributed by atoms with Gasteiger partial charge in [0.2, 0.25) is 5.43 Å². The van der Waals surface area contributed by atoms with Crippen LogP contribution in [0.4, 0.5) is 14.5 Å². The molecule has 2 aromatic rings. The number of hydrogen-bond donors (Lipinski definition) is 2. The van der Waals surface area contributed by atoms with Gasteiger partial charge in [-0.1, -0.05) is 11.6 Å². The SMILES string of the molecule is CC1(C)CCc2c(C(=O)O)c(=O)c3c(N)c(F)c(F)c(Cl)c3n21. The first-order chi connectivity index (χ1) is 10.6. The average Bonchev–Trinajstić information content (AvgIpc) is 2.76. The fourth-order valence-electron chi connectivity index (χ4n) is 3.27. The van der Waals surface area contributed by atoms with Gasteiger partial charge in [0.1, 0.15) is 10.6 Å². The van der Waals surface area contributed by atoms with Crippen LogP contribution in [0.25, 0.3) is 10.9 Å². The maximum atomic E-state index is 14.0. The maximum Gasteiger partial charge on any atom is 0.341 e. The molecule has 3 N–H and O–H groups in total. The molecule has 1 aromatic heterocycles. The second-order valence-electron chi connectivity index (χ2n) is 6.18. The van der Waals surface area contributed by atoms with Crippen LogP contribution < -0.4 is 11.2 Å². The molecule has 0 spiro atoms. The summed E-state index contributed by atoms with van der Waals surface area (Å²) >= 11 is 5.94. The van der Waals surface area contributed by atoms with Crippen molar-refractivity contribution in [1.29, 1.82) is 0 Å². The Morgan fingerprint density at radius 3 is 2.52 bits per heavy atom. The van der Waals surface area contributed by atoms with Gasteiger partial charge in [-0.2, -0.15) is 0 Å². The maximum absolute atomic E-state index is 14.0. The average molecular weight is 343 g/mol. The van der Waals surface area contributed by atoms with Crippen LogP contribution in [-0.2, 0) is 12.0 Å². The molecular weight excluding hydrogens is 330 g/mol. The van der Waals surface area contributed by atoms with E-state index in [-0.39, 0.29) is 11.2 Å². The second-order valence-corrected chi connectivity index (χ2v) is 6.56. The van der Waals surface area contributed by atoms with Crippen molar-refractivity contribution in [1.82, 2.24) is 4.57 Å². The molecule has 2 heterocycles. The van der Waals surface area contributed by atoms with Crippen LogP contribution in [0.5, 0.6) is 0 Å². The molecule has 0 saturated carbocycles. The lowest BCUT2D eigenvalue weighted by Gasteiger charge is -2.27. The van der Waals surface area contributed by atoms with E-state index in [1.807, 2.05) is 0 Å². The van der Waals surface area contributed by atoms with Crippen LogP contribution in [0.3, 0.4) is 0 Å².